The van der Waals surface area contributed by atoms with Gasteiger partial charge in [0.2, 0.25) is 0 Å². The van der Waals surface area contributed by atoms with Gasteiger partial charge in [0.1, 0.15) is 0 Å². The van der Waals surface area contributed by atoms with Crippen LogP contribution in [0, 0.1) is 5.92 Å². The maximum atomic E-state index is 12.6. The lowest BCUT2D eigenvalue weighted by Crippen LogP contribution is -2.52. The van der Waals surface area contributed by atoms with Gasteiger partial charge in [-0.05, 0) is 24.5 Å². The smallest absolute Gasteiger partial charge is 0.361 e. The van der Waals surface area contributed by atoms with Gasteiger partial charge in [-0.1, -0.05) is 32.0 Å². The minimum atomic E-state index is -2.08. The molecule has 1 atom stereocenters. The van der Waals surface area contributed by atoms with Gasteiger partial charge in [-0.3, -0.25) is 4.79 Å². The summed E-state index contributed by atoms with van der Waals surface area (Å²) in [6, 6.07) is 8.41. The summed E-state index contributed by atoms with van der Waals surface area (Å²) < 4.78 is 4.65. The van der Waals surface area contributed by atoms with Crippen LogP contribution in [0.3, 0.4) is 0 Å². The number of nitrogens with zero attached hydrogens (tertiary/aromatic N) is 2. The van der Waals surface area contributed by atoms with Crippen LogP contribution in [0.25, 0.3) is 0 Å². The van der Waals surface area contributed by atoms with E-state index in [0.29, 0.717) is 23.6 Å². The minimum Gasteiger partial charge on any atom is -0.465 e. The monoisotopic (exact) mass is 304 g/mol. The van der Waals surface area contributed by atoms with Crippen LogP contribution >= 0.6 is 0 Å². The lowest BCUT2D eigenvalue weighted by Gasteiger charge is -2.28. The van der Waals surface area contributed by atoms with Gasteiger partial charge in [-0.15, -0.1) is 0 Å². The third-order valence-corrected chi connectivity index (χ3v) is 3.41. The Balaban J connectivity index is 2.36. The minimum absolute atomic E-state index is 0.0313. The number of carbonyl (C=O) groups excluding carboxylic acids is 2. The van der Waals surface area contributed by atoms with Crippen LogP contribution in [0.4, 0.5) is 0 Å². The van der Waals surface area contributed by atoms with Gasteiger partial charge >= 0.3 is 5.97 Å². The third-order valence-electron chi connectivity index (χ3n) is 3.41. The zero-order valence-corrected chi connectivity index (χ0v) is 12.9. The summed E-state index contributed by atoms with van der Waals surface area (Å²) >= 11 is 0. The zero-order valence-electron chi connectivity index (χ0n) is 12.9. The Bertz CT molecular complexity index is 597. The standard InChI is InChI=1S/C16H20N2O4/c1-11(2)9-13-10-16(21,15(20)22-3)18(17-13)14(19)12-7-5-4-6-8-12/h4-8,11,21H,9-10H2,1-3H3. The van der Waals surface area contributed by atoms with Crippen molar-refractivity contribution in [2.45, 2.75) is 32.4 Å². The van der Waals surface area contributed by atoms with Crippen LogP contribution in [0.2, 0.25) is 0 Å². The Labute approximate surface area is 129 Å². The molecule has 118 valence electrons. The van der Waals surface area contributed by atoms with E-state index in [1.54, 1.807) is 30.3 Å². The molecule has 0 saturated carbocycles. The SMILES string of the molecule is COC(=O)C1(O)CC(CC(C)C)=NN1C(=O)c1ccccc1. The van der Waals surface area contributed by atoms with Gasteiger partial charge in [0.15, 0.2) is 0 Å². The van der Waals surface area contributed by atoms with Crippen molar-refractivity contribution in [3.8, 4) is 0 Å². The fourth-order valence-electron chi connectivity index (χ4n) is 2.44. The average molecular weight is 304 g/mol. The first-order valence-corrected chi connectivity index (χ1v) is 7.15. The molecule has 0 bridgehead atoms. The third kappa shape index (κ3) is 3.01. The van der Waals surface area contributed by atoms with E-state index >= 15 is 0 Å². The Kier molecular flexibility index (Phi) is 4.61. The van der Waals surface area contributed by atoms with Crippen LogP contribution in [-0.2, 0) is 9.53 Å². The number of hydrazone groups is 1. The second kappa shape index (κ2) is 6.27. The zero-order chi connectivity index (χ0) is 16.3. The van der Waals surface area contributed by atoms with E-state index in [0.717, 1.165) is 5.01 Å². The Hall–Kier alpha value is -2.21. The molecule has 6 nitrogen and oxygen atoms in total. The van der Waals surface area contributed by atoms with Gasteiger partial charge in [-0.25, -0.2) is 4.79 Å². The Morgan fingerprint density at radius 1 is 1.36 bits per heavy atom. The van der Waals surface area contributed by atoms with Crippen molar-refractivity contribution in [3.63, 3.8) is 0 Å². The summed E-state index contributed by atoms with van der Waals surface area (Å²) in [6.07, 6.45) is 0.564. The van der Waals surface area contributed by atoms with Crippen molar-refractivity contribution < 1.29 is 19.4 Å². The first kappa shape index (κ1) is 16.2. The van der Waals surface area contributed by atoms with Gasteiger partial charge in [0.25, 0.3) is 11.6 Å². The Morgan fingerprint density at radius 2 is 2.00 bits per heavy atom. The molecule has 1 aliphatic rings. The number of rotatable bonds is 4. The van der Waals surface area contributed by atoms with Crippen molar-refractivity contribution in [2.24, 2.45) is 11.0 Å². The normalized spacial score (nSPS) is 21.0. The molecule has 0 radical (unpaired) electrons. The number of amides is 1. The molecule has 1 N–H and O–H groups in total. The number of esters is 1. The molecular formula is C16H20N2O4. The number of benzene rings is 1. The van der Waals surface area contributed by atoms with E-state index in [1.807, 2.05) is 13.8 Å². The lowest BCUT2D eigenvalue weighted by atomic mass is 9.99. The van der Waals surface area contributed by atoms with Gasteiger partial charge in [0, 0.05) is 17.7 Å². The first-order chi connectivity index (χ1) is 10.4. The van der Waals surface area contributed by atoms with E-state index < -0.39 is 17.6 Å². The molecule has 1 aromatic rings. The maximum absolute atomic E-state index is 12.6. The van der Waals surface area contributed by atoms with Crippen LogP contribution in [0.1, 0.15) is 37.0 Å². The highest BCUT2D eigenvalue weighted by atomic mass is 16.5. The molecule has 1 amide bonds. The van der Waals surface area contributed by atoms with E-state index in [4.69, 9.17) is 0 Å². The maximum Gasteiger partial charge on any atom is 0.361 e. The highest BCUT2D eigenvalue weighted by molar-refractivity contribution is 6.03. The number of hydrogen-bond acceptors (Lipinski definition) is 5. The molecule has 1 aliphatic heterocycles. The van der Waals surface area contributed by atoms with Crippen LogP contribution in [-0.4, -0.2) is 40.5 Å². The molecule has 6 heteroatoms. The second-order valence-corrected chi connectivity index (χ2v) is 5.73. The van der Waals surface area contributed by atoms with E-state index in [-0.39, 0.29) is 6.42 Å². The highest BCUT2D eigenvalue weighted by Crippen LogP contribution is 2.30. The van der Waals surface area contributed by atoms with Crippen LogP contribution in [0.15, 0.2) is 35.4 Å². The molecule has 0 aromatic heterocycles. The van der Waals surface area contributed by atoms with Gasteiger partial charge < -0.3 is 9.84 Å². The topological polar surface area (TPSA) is 79.2 Å². The molecule has 1 aromatic carbocycles. The molecule has 0 spiro atoms. The second-order valence-electron chi connectivity index (χ2n) is 5.73. The van der Waals surface area contributed by atoms with Crippen molar-refractivity contribution in [1.29, 1.82) is 0 Å². The largest absolute Gasteiger partial charge is 0.465 e. The van der Waals surface area contributed by atoms with Crippen molar-refractivity contribution in [3.05, 3.63) is 35.9 Å². The van der Waals surface area contributed by atoms with E-state index in [9.17, 15) is 14.7 Å². The summed E-state index contributed by atoms with van der Waals surface area (Å²) in [6.45, 7) is 4.00. The van der Waals surface area contributed by atoms with Crippen molar-refractivity contribution in [1.82, 2.24) is 5.01 Å². The summed E-state index contributed by atoms with van der Waals surface area (Å²) in [4.78, 5) is 24.5. The predicted octanol–water partition coefficient (Wildman–Crippen LogP) is 1.80. The average Bonchev–Trinajstić information content (AvgIpc) is 2.83. The molecular weight excluding hydrogens is 284 g/mol. The number of carbonyl (C=O) groups is 2. The van der Waals surface area contributed by atoms with Crippen LogP contribution < -0.4 is 0 Å². The fourth-order valence-corrected chi connectivity index (χ4v) is 2.44. The number of ether oxygens (including phenoxy) is 1. The van der Waals surface area contributed by atoms with E-state index in [1.165, 1.54) is 7.11 Å². The molecule has 2 rings (SSSR count). The Morgan fingerprint density at radius 3 is 2.55 bits per heavy atom. The van der Waals surface area contributed by atoms with E-state index in [2.05, 4.69) is 9.84 Å². The lowest BCUT2D eigenvalue weighted by molar-refractivity contribution is -0.176. The molecule has 22 heavy (non-hydrogen) atoms. The van der Waals surface area contributed by atoms with Gasteiger partial charge in [0.05, 0.1) is 7.11 Å². The summed E-state index contributed by atoms with van der Waals surface area (Å²) in [5.74, 6) is -1.13. The molecule has 0 aliphatic carbocycles. The quantitative estimate of drug-likeness (QED) is 0.860. The summed E-state index contributed by atoms with van der Waals surface area (Å²) in [5, 5.41) is 15.7. The number of aliphatic hydroxyl groups is 1. The number of methoxy groups -OCH3 is 1. The predicted molar refractivity (Wildman–Crippen MR) is 81.1 cm³/mol. The van der Waals surface area contributed by atoms with Gasteiger partial charge in [-0.2, -0.15) is 10.1 Å². The molecule has 1 heterocycles. The summed E-state index contributed by atoms with van der Waals surface area (Å²) in [5.41, 5.74) is -1.13. The molecule has 0 saturated heterocycles. The fraction of sp³-hybridized carbons (Fsp3) is 0.438. The first-order valence-electron chi connectivity index (χ1n) is 7.15. The van der Waals surface area contributed by atoms with Crippen molar-refractivity contribution >= 4 is 17.6 Å². The number of hydrogen-bond donors (Lipinski definition) is 1. The summed E-state index contributed by atoms with van der Waals surface area (Å²) in [7, 11) is 1.17. The van der Waals surface area contributed by atoms with Crippen LogP contribution in [0.5, 0.6) is 0 Å². The highest BCUT2D eigenvalue weighted by Gasteiger charge is 2.51. The van der Waals surface area contributed by atoms with Crippen molar-refractivity contribution in [2.75, 3.05) is 7.11 Å². The molecule has 0 fully saturated rings. The molecule has 1 unspecified atom stereocenters.